The minimum absolute atomic E-state index is 0. The normalized spacial score (nSPS) is 11.4. The molecule has 2 aromatic carbocycles. The fourth-order valence-electron chi connectivity index (χ4n) is 2.39. The molecule has 0 aliphatic carbocycles. The van der Waals surface area contributed by atoms with Gasteiger partial charge in [0.25, 0.3) is 25.8 Å². The molecule has 3 rings (SSSR count). The first-order chi connectivity index (χ1) is 12.1. The fraction of sp³-hybridized carbons (Fsp3) is 0. The molecule has 0 saturated carbocycles. The Balaban J connectivity index is 0.00000196. The summed E-state index contributed by atoms with van der Waals surface area (Å²) < 4.78 is 65.2. The van der Waals surface area contributed by atoms with Crippen LogP contribution in [-0.2, 0) is 20.2 Å². The van der Waals surface area contributed by atoms with E-state index >= 15 is 0 Å². The molecule has 0 fully saturated rings. The summed E-state index contributed by atoms with van der Waals surface area (Å²) in [5.41, 5.74) is -0.173. The molecule has 1 heterocycles. The summed E-state index contributed by atoms with van der Waals surface area (Å²) in [7, 11) is -9.43. The Labute approximate surface area is 204 Å². The van der Waals surface area contributed by atoms with Crippen LogP contribution in [0.5, 0.6) is 0 Å². The van der Waals surface area contributed by atoms with Gasteiger partial charge in [0.1, 0.15) is 4.90 Å². The maximum atomic E-state index is 12.3. The number of hydrogen-bond acceptors (Lipinski definition) is 5. The van der Waals surface area contributed by atoms with Crippen molar-refractivity contribution >= 4 is 79.4 Å². The summed E-state index contributed by atoms with van der Waals surface area (Å²) in [6.07, 6.45) is 0. The van der Waals surface area contributed by atoms with Gasteiger partial charge in [0.2, 0.25) is 0 Å². The largest absolute Gasteiger partial charge is 0.296 e. The van der Waals surface area contributed by atoms with Crippen LogP contribution in [0, 0.1) is 0 Å². The van der Waals surface area contributed by atoms with Gasteiger partial charge in [-0.05, 0) is 23.8 Å². The predicted octanol–water partition coefficient (Wildman–Crippen LogP) is 0.564. The molecule has 0 aliphatic heterocycles. The van der Waals surface area contributed by atoms with Gasteiger partial charge in [-0.3, -0.25) is 19.0 Å². The zero-order valence-corrected chi connectivity index (χ0v) is 20.5. The van der Waals surface area contributed by atoms with Crippen LogP contribution in [0.15, 0.2) is 69.2 Å². The monoisotopic (exact) mass is 442 g/mol. The van der Waals surface area contributed by atoms with Crippen LogP contribution in [0.4, 0.5) is 0 Å². The second-order valence-electron chi connectivity index (χ2n) is 5.29. The molecule has 28 heavy (non-hydrogen) atoms. The van der Waals surface area contributed by atoms with Crippen LogP contribution in [0.25, 0.3) is 16.9 Å². The van der Waals surface area contributed by atoms with Crippen LogP contribution in [0.1, 0.15) is 0 Å². The second kappa shape index (κ2) is 9.39. The topological polar surface area (TPSA) is 147 Å². The smallest absolute Gasteiger partial charge is 0.290 e. The van der Waals surface area contributed by atoms with Crippen LogP contribution in [0.3, 0.4) is 0 Å². The van der Waals surface area contributed by atoms with Crippen molar-refractivity contribution in [3.63, 3.8) is 0 Å². The molecule has 0 saturated heterocycles. The van der Waals surface area contributed by atoms with E-state index in [1.54, 1.807) is 30.3 Å². The van der Waals surface area contributed by atoms with Gasteiger partial charge in [-0.2, -0.15) is 16.8 Å². The van der Waals surface area contributed by atoms with Gasteiger partial charge in [-0.25, -0.2) is 4.68 Å². The Bertz CT molecular complexity index is 1250. The molecule has 0 amide bonds. The maximum absolute atomic E-state index is 12.3. The van der Waals surface area contributed by atoms with E-state index in [-0.39, 0.29) is 59.1 Å². The average molecular weight is 442 g/mol. The van der Waals surface area contributed by atoms with E-state index in [4.69, 9.17) is 4.55 Å². The molecule has 3 aromatic rings. The number of hydrogen-bond donors (Lipinski definition) is 3. The van der Waals surface area contributed by atoms with E-state index in [1.165, 1.54) is 6.07 Å². The summed E-state index contributed by atoms with van der Waals surface area (Å²) in [5.74, 6) is 0. The molecule has 9 nitrogen and oxygen atoms in total. The average Bonchev–Trinajstić information content (AvgIpc) is 2.95. The summed E-state index contributed by atoms with van der Waals surface area (Å²) in [6, 6.07) is 12.2. The van der Waals surface area contributed by atoms with Crippen molar-refractivity contribution in [2.75, 3.05) is 0 Å². The van der Waals surface area contributed by atoms with E-state index in [0.29, 0.717) is 11.3 Å². The standard InChI is InChI=1S/C15H12N2O7S2.2Na/c18-15-9-12(10-4-2-1-3-5-10)16-17(15)13-8-11(25(19,20)21)6-7-14(13)26(22,23)24;;/h1-9,16H,(H,19,20,21)(H,22,23,24);;. The number of nitrogens with one attached hydrogen (secondary N) is 1. The third-order valence-corrected chi connectivity index (χ3v) is 5.30. The number of nitrogens with zero attached hydrogens (tertiary/aromatic N) is 1. The molecule has 2 radical (unpaired) electrons. The molecule has 0 spiro atoms. The second-order valence-corrected chi connectivity index (χ2v) is 8.10. The molecule has 138 valence electrons. The quantitative estimate of drug-likeness (QED) is 0.395. The number of rotatable bonds is 4. The molecule has 0 aliphatic rings. The number of benzene rings is 2. The van der Waals surface area contributed by atoms with Crippen molar-refractivity contribution in [3.8, 4) is 16.9 Å². The Hall–Kier alpha value is -0.730. The van der Waals surface area contributed by atoms with Crippen LogP contribution >= 0.6 is 0 Å². The van der Waals surface area contributed by atoms with Gasteiger partial charge < -0.3 is 0 Å². The minimum Gasteiger partial charge on any atom is -0.290 e. The van der Waals surface area contributed by atoms with Gasteiger partial charge in [0.15, 0.2) is 0 Å². The Morgan fingerprint density at radius 2 is 1.43 bits per heavy atom. The summed E-state index contributed by atoms with van der Waals surface area (Å²) in [6.45, 7) is 0. The van der Waals surface area contributed by atoms with E-state index in [0.717, 1.165) is 22.9 Å². The Morgan fingerprint density at radius 1 is 0.821 bits per heavy atom. The van der Waals surface area contributed by atoms with Crippen molar-refractivity contribution in [2.24, 2.45) is 0 Å². The predicted molar refractivity (Wildman–Crippen MR) is 103 cm³/mol. The van der Waals surface area contributed by atoms with Gasteiger partial charge in [0, 0.05) is 65.2 Å². The third kappa shape index (κ3) is 5.45. The number of H-pyrrole nitrogens is 1. The fourth-order valence-corrected chi connectivity index (χ4v) is 3.55. The number of aromatic nitrogens is 2. The zero-order valence-electron chi connectivity index (χ0n) is 14.9. The van der Waals surface area contributed by atoms with E-state index in [2.05, 4.69) is 5.10 Å². The maximum Gasteiger partial charge on any atom is 0.296 e. The van der Waals surface area contributed by atoms with Crippen LogP contribution in [0.2, 0.25) is 0 Å². The van der Waals surface area contributed by atoms with Gasteiger partial charge >= 0.3 is 0 Å². The van der Waals surface area contributed by atoms with Crippen molar-refractivity contribution in [2.45, 2.75) is 9.79 Å². The summed E-state index contributed by atoms with van der Waals surface area (Å²) >= 11 is 0. The third-order valence-electron chi connectivity index (χ3n) is 3.55. The SMILES string of the molecule is O=c1cc(-c2ccccc2)[nH]n1-c1cc(S(=O)(=O)O)ccc1S(=O)(=O)O.[Na].[Na]. The van der Waals surface area contributed by atoms with Gasteiger partial charge in [-0.1, -0.05) is 30.3 Å². The molecule has 0 atom stereocenters. The molecule has 0 unspecified atom stereocenters. The van der Waals surface area contributed by atoms with Crippen LogP contribution in [-0.4, -0.2) is 94.8 Å². The van der Waals surface area contributed by atoms with E-state index < -0.39 is 41.3 Å². The first-order valence-corrected chi connectivity index (χ1v) is 9.92. The van der Waals surface area contributed by atoms with Crippen LogP contribution < -0.4 is 5.56 Å². The first-order valence-electron chi connectivity index (χ1n) is 7.04. The molecule has 13 heteroatoms. The van der Waals surface area contributed by atoms with Crippen molar-refractivity contribution in [1.29, 1.82) is 0 Å². The molecule has 1 aromatic heterocycles. The molecule has 0 bridgehead atoms. The minimum atomic E-state index is -4.77. The van der Waals surface area contributed by atoms with Gasteiger partial charge in [0.05, 0.1) is 16.3 Å². The van der Waals surface area contributed by atoms with Crippen molar-refractivity contribution in [3.05, 3.63) is 65.0 Å². The van der Waals surface area contributed by atoms with E-state index in [1.807, 2.05) is 0 Å². The zero-order chi connectivity index (χ0) is 19.1. The molecular formula is C15H12N2Na2O7S2. The van der Waals surface area contributed by atoms with Crippen molar-refractivity contribution < 1.29 is 25.9 Å². The number of aromatic amines is 1. The summed E-state index contributed by atoms with van der Waals surface area (Å²) in [5, 5.41) is 2.66. The Kier molecular flexibility index (Phi) is 8.49. The Morgan fingerprint density at radius 3 is 1.96 bits per heavy atom. The molecule has 3 N–H and O–H groups in total. The van der Waals surface area contributed by atoms with E-state index in [9.17, 15) is 26.2 Å². The van der Waals surface area contributed by atoms with Crippen molar-refractivity contribution in [1.82, 2.24) is 9.78 Å². The van der Waals surface area contributed by atoms with Gasteiger partial charge in [-0.15, -0.1) is 0 Å². The first kappa shape index (κ1) is 25.3. The molecular weight excluding hydrogens is 430 g/mol. The summed E-state index contributed by atoms with van der Waals surface area (Å²) in [4.78, 5) is 11.0.